The molecule has 0 fully saturated rings. The first-order valence-electron chi connectivity index (χ1n) is 7.43. The lowest BCUT2D eigenvalue weighted by atomic mass is 10.1. The molecule has 1 atom stereocenters. The molecule has 7 heteroatoms. The molecule has 0 N–H and O–H groups in total. The highest BCUT2D eigenvalue weighted by Crippen LogP contribution is 2.25. The summed E-state index contributed by atoms with van der Waals surface area (Å²) in [5.74, 6) is 0.147. The SMILES string of the molecule is C[C@@H](c1cncn1C)c1cnc2ccc(-c3cnn(C)c3)nn12. The second-order valence-electron chi connectivity index (χ2n) is 5.73. The molecule has 4 aromatic heterocycles. The fourth-order valence-electron chi connectivity index (χ4n) is 2.83. The summed E-state index contributed by atoms with van der Waals surface area (Å²) in [4.78, 5) is 8.67. The van der Waals surface area contributed by atoms with E-state index in [2.05, 4.69) is 22.0 Å². The van der Waals surface area contributed by atoms with E-state index in [1.807, 2.05) is 66.4 Å². The first-order valence-corrected chi connectivity index (χ1v) is 7.43. The first kappa shape index (κ1) is 13.7. The molecule has 0 aliphatic heterocycles. The van der Waals surface area contributed by atoms with Crippen molar-refractivity contribution in [3.05, 3.63) is 54.6 Å². The van der Waals surface area contributed by atoms with Crippen molar-refractivity contribution in [1.82, 2.24) is 33.9 Å². The molecule has 0 bridgehead atoms. The van der Waals surface area contributed by atoms with Crippen LogP contribution in [0.3, 0.4) is 0 Å². The molecule has 4 rings (SSSR count). The van der Waals surface area contributed by atoms with Crippen molar-refractivity contribution in [3.63, 3.8) is 0 Å². The summed E-state index contributed by atoms with van der Waals surface area (Å²) < 4.78 is 5.70. The van der Waals surface area contributed by atoms with E-state index in [4.69, 9.17) is 5.10 Å². The smallest absolute Gasteiger partial charge is 0.153 e. The molecule has 4 heterocycles. The summed E-state index contributed by atoms with van der Waals surface area (Å²) >= 11 is 0. The van der Waals surface area contributed by atoms with Crippen LogP contribution in [-0.4, -0.2) is 33.9 Å². The summed E-state index contributed by atoms with van der Waals surface area (Å²) in [5, 5.41) is 8.96. The quantitative estimate of drug-likeness (QED) is 0.581. The molecule has 0 unspecified atom stereocenters. The predicted molar refractivity (Wildman–Crippen MR) is 85.9 cm³/mol. The van der Waals surface area contributed by atoms with Crippen molar-refractivity contribution >= 4 is 5.65 Å². The zero-order chi connectivity index (χ0) is 16.0. The minimum Gasteiger partial charge on any atom is -0.337 e. The van der Waals surface area contributed by atoms with Crippen LogP contribution < -0.4 is 0 Å². The van der Waals surface area contributed by atoms with Gasteiger partial charge in [-0.05, 0) is 12.1 Å². The molecule has 116 valence electrons. The van der Waals surface area contributed by atoms with Gasteiger partial charge in [0.05, 0.1) is 30.1 Å². The van der Waals surface area contributed by atoms with Crippen LogP contribution in [0, 0.1) is 0 Å². The van der Waals surface area contributed by atoms with Crippen LogP contribution in [0.1, 0.15) is 24.2 Å². The lowest BCUT2D eigenvalue weighted by Gasteiger charge is -2.11. The minimum atomic E-state index is 0.147. The van der Waals surface area contributed by atoms with Gasteiger partial charge in [0.15, 0.2) is 5.65 Å². The molecule has 0 aromatic carbocycles. The lowest BCUT2D eigenvalue weighted by Crippen LogP contribution is -2.07. The number of rotatable bonds is 3. The maximum atomic E-state index is 4.75. The molecular formula is C16H17N7. The predicted octanol–water partition coefficient (Wildman–Crippen LogP) is 2.02. The van der Waals surface area contributed by atoms with Crippen molar-refractivity contribution in [3.8, 4) is 11.3 Å². The largest absolute Gasteiger partial charge is 0.337 e. The Hall–Kier alpha value is -2.96. The van der Waals surface area contributed by atoms with Gasteiger partial charge in [-0.3, -0.25) is 4.68 Å². The highest BCUT2D eigenvalue weighted by Gasteiger charge is 2.17. The number of aromatic nitrogens is 7. The lowest BCUT2D eigenvalue weighted by molar-refractivity contribution is 0.723. The van der Waals surface area contributed by atoms with Crippen molar-refractivity contribution in [2.45, 2.75) is 12.8 Å². The van der Waals surface area contributed by atoms with Gasteiger partial charge in [0.25, 0.3) is 0 Å². The molecule has 0 aliphatic carbocycles. The van der Waals surface area contributed by atoms with Crippen LogP contribution in [0.4, 0.5) is 0 Å². The first-order chi connectivity index (χ1) is 11.1. The number of hydrogen-bond donors (Lipinski definition) is 0. The average molecular weight is 307 g/mol. The van der Waals surface area contributed by atoms with Gasteiger partial charge in [0.1, 0.15) is 0 Å². The van der Waals surface area contributed by atoms with Gasteiger partial charge in [0.2, 0.25) is 0 Å². The van der Waals surface area contributed by atoms with E-state index in [0.717, 1.165) is 28.3 Å². The van der Waals surface area contributed by atoms with E-state index in [1.165, 1.54) is 0 Å². The molecule has 0 aliphatic rings. The van der Waals surface area contributed by atoms with Gasteiger partial charge < -0.3 is 4.57 Å². The zero-order valence-electron chi connectivity index (χ0n) is 13.2. The van der Waals surface area contributed by atoms with E-state index in [-0.39, 0.29) is 5.92 Å². The summed E-state index contributed by atoms with van der Waals surface area (Å²) in [6.07, 6.45) is 9.34. The Balaban J connectivity index is 1.83. The van der Waals surface area contributed by atoms with E-state index in [9.17, 15) is 0 Å². The van der Waals surface area contributed by atoms with Gasteiger partial charge in [-0.1, -0.05) is 6.92 Å². The van der Waals surface area contributed by atoms with Crippen molar-refractivity contribution in [2.75, 3.05) is 0 Å². The molecule has 4 aromatic rings. The number of imidazole rings is 2. The molecule has 0 saturated heterocycles. The third kappa shape index (κ3) is 2.21. The van der Waals surface area contributed by atoms with E-state index in [1.54, 1.807) is 4.68 Å². The van der Waals surface area contributed by atoms with Gasteiger partial charge >= 0.3 is 0 Å². The molecular weight excluding hydrogens is 290 g/mol. The van der Waals surface area contributed by atoms with E-state index in [0.29, 0.717) is 0 Å². The third-order valence-electron chi connectivity index (χ3n) is 4.13. The Morgan fingerprint density at radius 1 is 1.04 bits per heavy atom. The number of hydrogen-bond acceptors (Lipinski definition) is 4. The molecule has 0 spiro atoms. The second kappa shape index (κ2) is 5.05. The van der Waals surface area contributed by atoms with Crippen LogP contribution in [0.15, 0.2) is 43.2 Å². The minimum absolute atomic E-state index is 0.147. The summed E-state index contributed by atoms with van der Waals surface area (Å²) in [6.45, 7) is 2.14. The van der Waals surface area contributed by atoms with Crippen LogP contribution in [0.5, 0.6) is 0 Å². The van der Waals surface area contributed by atoms with E-state index < -0.39 is 0 Å². The maximum Gasteiger partial charge on any atom is 0.153 e. The summed E-state index contributed by atoms with van der Waals surface area (Å²) in [5.41, 5.74) is 4.86. The topological polar surface area (TPSA) is 65.8 Å². The van der Waals surface area contributed by atoms with Gasteiger partial charge in [-0.15, -0.1) is 0 Å². The highest BCUT2D eigenvalue weighted by atomic mass is 15.3. The number of fused-ring (bicyclic) bond motifs is 1. The Morgan fingerprint density at radius 2 is 1.91 bits per heavy atom. The molecule has 0 saturated carbocycles. The van der Waals surface area contributed by atoms with Crippen LogP contribution in [0.2, 0.25) is 0 Å². The van der Waals surface area contributed by atoms with Crippen molar-refractivity contribution < 1.29 is 0 Å². The molecule has 0 amide bonds. The molecule has 7 nitrogen and oxygen atoms in total. The molecule has 23 heavy (non-hydrogen) atoms. The summed E-state index contributed by atoms with van der Waals surface area (Å²) in [7, 11) is 3.89. The highest BCUT2D eigenvalue weighted by molar-refractivity contribution is 5.58. The Bertz CT molecular complexity index is 975. The monoisotopic (exact) mass is 307 g/mol. The Labute approximate surface area is 133 Å². The fraction of sp³-hybridized carbons (Fsp3) is 0.250. The van der Waals surface area contributed by atoms with Gasteiger partial charge in [0, 0.05) is 43.7 Å². The Kier molecular flexibility index (Phi) is 3.00. The number of aryl methyl sites for hydroxylation is 2. The molecule has 0 radical (unpaired) electrons. The van der Waals surface area contributed by atoms with Gasteiger partial charge in [-0.25, -0.2) is 14.5 Å². The fourth-order valence-corrected chi connectivity index (χ4v) is 2.83. The maximum absolute atomic E-state index is 4.75. The van der Waals surface area contributed by atoms with Crippen LogP contribution in [-0.2, 0) is 14.1 Å². The van der Waals surface area contributed by atoms with Crippen LogP contribution >= 0.6 is 0 Å². The average Bonchev–Trinajstić information content (AvgIpc) is 3.25. The van der Waals surface area contributed by atoms with Crippen molar-refractivity contribution in [2.24, 2.45) is 14.1 Å². The van der Waals surface area contributed by atoms with Crippen molar-refractivity contribution in [1.29, 1.82) is 0 Å². The number of nitrogens with zero attached hydrogens (tertiary/aromatic N) is 7. The Morgan fingerprint density at radius 3 is 2.61 bits per heavy atom. The van der Waals surface area contributed by atoms with Gasteiger partial charge in [-0.2, -0.15) is 10.2 Å². The summed E-state index contributed by atoms with van der Waals surface area (Å²) in [6, 6.07) is 3.95. The normalized spacial score (nSPS) is 12.8. The standard InChI is InChI=1S/C16H17N7/c1-11(14-7-17-10-21(14)2)15-8-18-16-5-4-13(20-23(15)16)12-6-19-22(3)9-12/h4-11H,1-3H3/t11-/m0/s1. The third-order valence-corrected chi connectivity index (χ3v) is 4.13. The van der Waals surface area contributed by atoms with E-state index >= 15 is 0 Å². The van der Waals surface area contributed by atoms with Crippen LogP contribution in [0.25, 0.3) is 16.9 Å². The second-order valence-corrected chi connectivity index (χ2v) is 5.73. The zero-order valence-corrected chi connectivity index (χ0v) is 13.2.